The Kier molecular flexibility index (Phi) is 3.36. The Morgan fingerprint density at radius 3 is 2.47 bits per heavy atom. The van der Waals surface area contributed by atoms with Gasteiger partial charge in [-0.2, -0.15) is 0 Å². The Bertz CT molecular complexity index is 335. The van der Waals surface area contributed by atoms with Gasteiger partial charge < -0.3 is 15.3 Å². The summed E-state index contributed by atoms with van der Waals surface area (Å²) in [6.45, 7) is 4.10. The molecule has 5 nitrogen and oxygen atoms in total. The summed E-state index contributed by atoms with van der Waals surface area (Å²) in [5.74, 6) is -0.823. The van der Waals surface area contributed by atoms with Crippen molar-refractivity contribution in [2.45, 2.75) is 37.8 Å². The van der Waals surface area contributed by atoms with Crippen molar-refractivity contribution in [1.82, 2.24) is 10.2 Å². The Balaban J connectivity index is 1.92. The molecule has 2 fully saturated rings. The average Bonchev–Trinajstić information content (AvgIpc) is 3.14. The van der Waals surface area contributed by atoms with Crippen LogP contribution in [0.3, 0.4) is 0 Å². The maximum Gasteiger partial charge on any atom is 0.326 e. The van der Waals surface area contributed by atoms with Crippen molar-refractivity contribution in [2.75, 3.05) is 6.54 Å². The van der Waals surface area contributed by atoms with Crippen molar-refractivity contribution in [2.24, 2.45) is 5.92 Å². The topological polar surface area (TPSA) is 69.6 Å². The molecule has 2 rings (SSSR count). The first-order valence-electron chi connectivity index (χ1n) is 6.04. The van der Waals surface area contributed by atoms with Gasteiger partial charge in [0.25, 0.3) is 0 Å². The molecule has 2 aliphatic rings. The fourth-order valence-electron chi connectivity index (χ4n) is 1.95. The summed E-state index contributed by atoms with van der Waals surface area (Å²) in [6, 6.07) is -0.734. The molecule has 2 N–H and O–H groups in total. The van der Waals surface area contributed by atoms with Crippen LogP contribution < -0.4 is 5.32 Å². The molecule has 0 saturated heterocycles. The predicted octanol–water partition coefficient (Wildman–Crippen LogP) is 1.21. The van der Waals surface area contributed by atoms with E-state index in [0.717, 1.165) is 25.7 Å². The van der Waals surface area contributed by atoms with Gasteiger partial charge in [0.15, 0.2) is 0 Å². The molecule has 94 valence electrons. The van der Waals surface area contributed by atoms with Crippen molar-refractivity contribution < 1.29 is 14.7 Å². The Morgan fingerprint density at radius 1 is 1.41 bits per heavy atom. The number of urea groups is 1. The number of carbonyl (C=O) groups excluding carboxylic acids is 1. The molecule has 2 amide bonds. The summed E-state index contributed by atoms with van der Waals surface area (Å²) in [4.78, 5) is 24.7. The Labute approximate surface area is 100 Å². The molecular weight excluding hydrogens is 220 g/mol. The van der Waals surface area contributed by atoms with Gasteiger partial charge in [0, 0.05) is 12.6 Å². The monoisotopic (exact) mass is 238 g/mol. The first-order valence-corrected chi connectivity index (χ1v) is 6.04. The van der Waals surface area contributed by atoms with Crippen LogP contribution in [0.5, 0.6) is 0 Å². The molecule has 1 unspecified atom stereocenters. The van der Waals surface area contributed by atoms with Gasteiger partial charge in [-0.05, 0) is 31.6 Å². The second-order valence-corrected chi connectivity index (χ2v) is 4.78. The van der Waals surface area contributed by atoms with Crippen LogP contribution in [0.2, 0.25) is 0 Å². The molecule has 0 radical (unpaired) electrons. The fraction of sp³-hybridized carbons (Fsp3) is 0.667. The zero-order valence-electron chi connectivity index (χ0n) is 9.76. The fourth-order valence-corrected chi connectivity index (χ4v) is 1.95. The van der Waals surface area contributed by atoms with Crippen molar-refractivity contribution in [1.29, 1.82) is 0 Å². The van der Waals surface area contributed by atoms with Crippen molar-refractivity contribution >= 4 is 12.0 Å². The van der Waals surface area contributed by atoms with E-state index < -0.39 is 12.0 Å². The van der Waals surface area contributed by atoms with E-state index in [0.29, 0.717) is 6.54 Å². The number of carboxylic acids is 1. The molecular formula is C12H18N2O3. The van der Waals surface area contributed by atoms with E-state index in [1.807, 2.05) is 0 Å². The van der Waals surface area contributed by atoms with E-state index in [4.69, 9.17) is 5.11 Å². The van der Waals surface area contributed by atoms with E-state index in [9.17, 15) is 9.59 Å². The molecule has 2 aliphatic carbocycles. The second kappa shape index (κ2) is 4.77. The normalized spacial score (nSPS) is 20.5. The second-order valence-electron chi connectivity index (χ2n) is 4.78. The zero-order chi connectivity index (χ0) is 12.4. The molecule has 5 heteroatoms. The largest absolute Gasteiger partial charge is 0.480 e. The lowest BCUT2D eigenvalue weighted by Gasteiger charge is -2.23. The highest BCUT2D eigenvalue weighted by Crippen LogP contribution is 2.33. The minimum absolute atomic E-state index is 0.112. The molecule has 0 spiro atoms. The molecule has 0 aliphatic heterocycles. The third-order valence-electron chi connectivity index (χ3n) is 3.21. The number of hydrogen-bond donors (Lipinski definition) is 2. The Hall–Kier alpha value is -1.52. The number of carboxylic acid groups (broad SMARTS) is 1. The maximum absolute atomic E-state index is 12.0. The van der Waals surface area contributed by atoms with E-state index >= 15 is 0 Å². The molecule has 0 aromatic carbocycles. The smallest absolute Gasteiger partial charge is 0.326 e. The standard InChI is InChI=1S/C12H18N2O3/c1-2-7-14(9-5-6-9)12(17)13-10(11(15)16)8-3-4-8/h2,8-10H,1,3-7H2,(H,13,17)(H,15,16). The number of rotatable bonds is 6. The third-order valence-corrected chi connectivity index (χ3v) is 3.21. The summed E-state index contributed by atoms with van der Waals surface area (Å²) in [6.07, 6.45) is 5.46. The van der Waals surface area contributed by atoms with Crippen molar-refractivity contribution in [3.63, 3.8) is 0 Å². The van der Waals surface area contributed by atoms with Gasteiger partial charge in [0.05, 0.1) is 0 Å². The van der Waals surface area contributed by atoms with E-state index in [2.05, 4.69) is 11.9 Å². The quantitative estimate of drug-likeness (QED) is 0.683. The van der Waals surface area contributed by atoms with E-state index in [1.54, 1.807) is 11.0 Å². The third kappa shape index (κ3) is 2.99. The molecule has 0 aromatic heterocycles. The van der Waals surface area contributed by atoms with Crippen LogP contribution in [-0.2, 0) is 4.79 Å². The molecule has 0 heterocycles. The SMILES string of the molecule is C=CCN(C(=O)NC(C(=O)O)C1CC1)C1CC1. The zero-order valence-corrected chi connectivity index (χ0v) is 9.76. The lowest BCUT2D eigenvalue weighted by Crippen LogP contribution is -2.49. The van der Waals surface area contributed by atoms with Crippen LogP contribution in [0.25, 0.3) is 0 Å². The summed E-state index contributed by atoms with van der Waals surface area (Å²) >= 11 is 0. The lowest BCUT2D eigenvalue weighted by atomic mass is 10.2. The number of carbonyl (C=O) groups is 2. The predicted molar refractivity (Wildman–Crippen MR) is 62.6 cm³/mol. The Morgan fingerprint density at radius 2 is 2.06 bits per heavy atom. The van der Waals surface area contributed by atoms with Gasteiger partial charge in [-0.15, -0.1) is 6.58 Å². The highest BCUT2D eigenvalue weighted by Gasteiger charge is 2.39. The van der Waals surface area contributed by atoms with Crippen LogP contribution in [-0.4, -0.2) is 40.6 Å². The van der Waals surface area contributed by atoms with Crippen molar-refractivity contribution in [3.05, 3.63) is 12.7 Å². The van der Waals surface area contributed by atoms with Gasteiger partial charge in [0.1, 0.15) is 6.04 Å². The van der Waals surface area contributed by atoms with Gasteiger partial charge >= 0.3 is 12.0 Å². The molecule has 1 atom stereocenters. The lowest BCUT2D eigenvalue weighted by molar-refractivity contribution is -0.139. The summed E-state index contributed by atoms with van der Waals surface area (Å²) < 4.78 is 0. The number of nitrogens with zero attached hydrogens (tertiary/aromatic N) is 1. The van der Waals surface area contributed by atoms with Crippen LogP contribution in [0.4, 0.5) is 4.79 Å². The number of nitrogens with one attached hydrogen (secondary N) is 1. The molecule has 17 heavy (non-hydrogen) atoms. The van der Waals surface area contributed by atoms with Gasteiger partial charge in [0.2, 0.25) is 0 Å². The minimum atomic E-state index is -0.935. The van der Waals surface area contributed by atoms with Gasteiger partial charge in [-0.3, -0.25) is 0 Å². The number of hydrogen-bond acceptors (Lipinski definition) is 2. The number of aliphatic carboxylic acids is 1. The number of amides is 2. The van der Waals surface area contributed by atoms with Gasteiger partial charge in [-0.1, -0.05) is 6.08 Å². The van der Waals surface area contributed by atoms with Crippen LogP contribution in [0.15, 0.2) is 12.7 Å². The molecule has 2 saturated carbocycles. The molecule has 0 aromatic rings. The van der Waals surface area contributed by atoms with E-state index in [-0.39, 0.29) is 18.0 Å². The van der Waals surface area contributed by atoms with E-state index in [1.165, 1.54) is 0 Å². The first kappa shape index (κ1) is 12.0. The average molecular weight is 238 g/mol. The summed E-state index contributed by atoms with van der Waals surface area (Å²) in [5, 5.41) is 11.7. The van der Waals surface area contributed by atoms with Crippen LogP contribution >= 0.6 is 0 Å². The highest BCUT2D eigenvalue weighted by atomic mass is 16.4. The van der Waals surface area contributed by atoms with Crippen molar-refractivity contribution in [3.8, 4) is 0 Å². The first-order chi connectivity index (χ1) is 8.13. The highest BCUT2D eigenvalue weighted by molar-refractivity contribution is 5.83. The maximum atomic E-state index is 12.0. The molecule has 0 bridgehead atoms. The van der Waals surface area contributed by atoms with Crippen LogP contribution in [0, 0.1) is 5.92 Å². The minimum Gasteiger partial charge on any atom is -0.480 e. The van der Waals surface area contributed by atoms with Gasteiger partial charge in [-0.25, -0.2) is 9.59 Å². The summed E-state index contributed by atoms with van der Waals surface area (Å²) in [5.41, 5.74) is 0. The van der Waals surface area contributed by atoms with Crippen LogP contribution in [0.1, 0.15) is 25.7 Å². The summed E-state index contributed by atoms with van der Waals surface area (Å²) in [7, 11) is 0.